The van der Waals surface area contributed by atoms with Gasteiger partial charge < -0.3 is 19.1 Å². The van der Waals surface area contributed by atoms with E-state index in [-0.39, 0.29) is 57.8 Å². The molecule has 2 unspecified atom stereocenters. The molecule has 3 aliphatic heterocycles. The predicted octanol–water partition coefficient (Wildman–Crippen LogP) is 0.116. The lowest BCUT2D eigenvalue weighted by molar-refractivity contribution is -0.141. The van der Waals surface area contributed by atoms with Crippen molar-refractivity contribution >= 4 is 22.2 Å². The lowest BCUT2D eigenvalue weighted by Gasteiger charge is -2.47. The quantitative estimate of drug-likeness (QED) is 0.271. The number of ether oxygens (including phenoxy) is 3. The zero-order valence-corrected chi connectivity index (χ0v) is 20.7. The van der Waals surface area contributed by atoms with Crippen molar-refractivity contribution in [1.29, 1.82) is 0 Å². The second kappa shape index (κ2) is 10.8. The molecule has 1 aromatic heterocycles. The maximum Gasteiger partial charge on any atom is 0.409 e. The van der Waals surface area contributed by atoms with Gasteiger partial charge >= 0.3 is 6.09 Å². The first-order valence-corrected chi connectivity index (χ1v) is 13.0. The number of piperidine rings is 1. The van der Waals surface area contributed by atoms with Gasteiger partial charge in [-0.05, 0) is 31.7 Å². The average Bonchev–Trinajstić information content (AvgIpc) is 3.13. The minimum absolute atomic E-state index is 0.0160. The number of nitrogens with one attached hydrogen (secondary N) is 1. The number of hydroxylamine groups is 1. The van der Waals surface area contributed by atoms with Crippen molar-refractivity contribution in [1.82, 2.24) is 24.0 Å². The molecular weight excluding hydrogens is 501 g/mol. The van der Waals surface area contributed by atoms with E-state index in [0.29, 0.717) is 19.3 Å². The van der Waals surface area contributed by atoms with Crippen LogP contribution in [0.25, 0.3) is 0 Å². The number of pyridine rings is 1. The number of aromatic nitrogens is 1. The van der Waals surface area contributed by atoms with Crippen LogP contribution in [0.3, 0.4) is 0 Å². The van der Waals surface area contributed by atoms with Crippen molar-refractivity contribution in [3.63, 3.8) is 0 Å². The molecule has 3 saturated heterocycles. The highest BCUT2D eigenvalue weighted by Gasteiger charge is 2.62. The standard InChI is InChI=1S/C21H30FN5O8S/c1-33-10-11-34-20(29)25-13-16-4-7-21(14-25,19(28)24-30)27(16)36(31,32)26-8-5-17(6-9-26)35-18-3-2-15(22)12-23-18/h2-3,12,16-17,30H,4-11,13-14H2,1H3,(H,24,28). The van der Waals surface area contributed by atoms with Crippen LogP contribution in [-0.4, -0.2) is 108 Å². The molecule has 200 valence electrons. The summed E-state index contributed by atoms with van der Waals surface area (Å²) in [5.41, 5.74) is -0.0723. The summed E-state index contributed by atoms with van der Waals surface area (Å²) in [6, 6.07) is 1.98. The molecule has 13 nitrogen and oxygen atoms in total. The summed E-state index contributed by atoms with van der Waals surface area (Å²) in [5, 5.41) is 9.45. The van der Waals surface area contributed by atoms with Crippen molar-refractivity contribution in [3.05, 3.63) is 24.1 Å². The first-order chi connectivity index (χ1) is 17.2. The highest BCUT2D eigenvalue weighted by Crippen LogP contribution is 2.43. The van der Waals surface area contributed by atoms with E-state index in [1.54, 1.807) is 5.48 Å². The van der Waals surface area contributed by atoms with Crippen LogP contribution in [0.4, 0.5) is 9.18 Å². The summed E-state index contributed by atoms with van der Waals surface area (Å²) in [5.74, 6) is -1.13. The average molecular weight is 532 g/mol. The summed E-state index contributed by atoms with van der Waals surface area (Å²) >= 11 is 0. The molecular formula is C21H30FN5O8S. The highest BCUT2D eigenvalue weighted by molar-refractivity contribution is 7.86. The number of amides is 2. The van der Waals surface area contributed by atoms with Crippen LogP contribution in [0, 0.1) is 5.82 Å². The van der Waals surface area contributed by atoms with E-state index in [0.717, 1.165) is 10.5 Å². The molecule has 4 rings (SSSR count). The van der Waals surface area contributed by atoms with Crippen LogP contribution in [0.5, 0.6) is 5.88 Å². The Bertz CT molecular complexity index is 1050. The Morgan fingerprint density at radius 3 is 2.64 bits per heavy atom. The number of rotatable bonds is 8. The minimum Gasteiger partial charge on any atom is -0.474 e. The molecule has 0 radical (unpaired) electrons. The van der Waals surface area contributed by atoms with E-state index in [1.807, 2.05) is 0 Å². The summed E-state index contributed by atoms with van der Waals surface area (Å²) < 4.78 is 58.8. The molecule has 36 heavy (non-hydrogen) atoms. The second-order valence-corrected chi connectivity index (χ2v) is 10.8. The van der Waals surface area contributed by atoms with Crippen molar-refractivity contribution in [2.75, 3.05) is 46.5 Å². The number of likely N-dealkylation sites (tertiary alicyclic amines) is 1. The van der Waals surface area contributed by atoms with Gasteiger partial charge in [0, 0.05) is 38.9 Å². The van der Waals surface area contributed by atoms with Gasteiger partial charge in [-0.25, -0.2) is 19.6 Å². The van der Waals surface area contributed by atoms with Gasteiger partial charge in [-0.3, -0.25) is 10.0 Å². The molecule has 0 aliphatic carbocycles. The van der Waals surface area contributed by atoms with Crippen LogP contribution in [0.2, 0.25) is 0 Å². The van der Waals surface area contributed by atoms with Gasteiger partial charge in [0.1, 0.15) is 24.1 Å². The van der Waals surface area contributed by atoms with E-state index < -0.39 is 39.6 Å². The molecule has 0 spiro atoms. The number of hydrogen-bond acceptors (Lipinski definition) is 9. The third kappa shape index (κ3) is 5.11. The molecule has 0 saturated carbocycles. The molecule has 2 amide bonds. The molecule has 3 fully saturated rings. The van der Waals surface area contributed by atoms with Gasteiger partial charge in [-0.15, -0.1) is 0 Å². The summed E-state index contributed by atoms with van der Waals surface area (Å²) in [6.07, 6.45) is 1.27. The third-order valence-corrected chi connectivity index (χ3v) is 8.95. The second-order valence-electron chi connectivity index (χ2n) is 8.99. The Morgan fingerprint density at radius 2 is 2.00 bits per heavy atom. The molecule has 4 heterocycles. The lowest BCUT2D eigenvalue weighted by atomic mass is 9.96. The first-order valence-electron chi connectivity index (χ1n) is 11.6. The highest BCUT2D eigenvalue weighted by atomic mass is 32.2. The van der Waals surface area contributed by atoms with E-state index in [9.17, 15) is 27.6 Å². The third-order valence-electron chi connectivity index (χ3n) is 6.79. The summed E-state index contributed by atoms with van der Waals surface area (Å²) in [4.78, 5) is 30.6. The molecule has 3 aliphatic rings. The van der Waals surface area contributed by atoms with Gasteiger partial charge in [0.2, 0.25) is 5.88 Å². The Morgan fingerprint density at radius 1 is 1.25 bits per heavy atom. The van der Waals surface area contributed by atoms with E-state index in [4.69, 9.17) is 14.2 Å². The zero-order chi connectivity index (χ0) is 25.9. The Hall–Kier alpha value is -2.59. The van der Waals surface area contributed by atoms with Crippen LogP contribution in [0.15, 0.2) is 18.3 Å². The van der Waals surface area contributed by atoms with Gasteiger partial charge in [-0.2, -0.15) is 17.0 Å². The smallest absolute Gasteiger partial charge is 0.409 e. The maximum atomic E-state index is 13.8. The molecule has 15 heteroatoms. The lowest BCUT2D eigenvalue weighted by Crippen LogP contribution is -2.71. The van der Waals surface area contributed by atoms with Gasteiger partial charge in [0.25, 0.3) is 16.1 Å². The number of nitrogens with zero attached hydrogens (tertiary/aromatic N) is 4. The van der Waals surface area contributed by atoms with Crippen molar-refractivity contribution < 1.29 is 41.8 Å². The molecule has 1 aromatic rings. The fourth-order valence-corrected chi connectivity index (χ4v) is 7.22. The monoisotopic (exact) mass is 531 g/mol. The maximum absolute atomic E-state index is 13.8. The van der Waals surface area contributed by atoms with Crippen molar-refractivity contribution in [3.8, 4) is 5.88 Å². The number of methoxy groups -OCH3 is 1. The molecule has 2 N–H and O–H groups in total. The molecule has 2 atom stereocenters. The number of fused-ring (bicyclic) bond motifs is 2. The van der Waals surface area contributed by atoms with Crippen molar-refractivity contribution in [2.24, 2.45) is 0 Å². The number of carbonyl (C=O) groups is 2. The number of carbonyl (C=O) groups excluding carboxylic acids is 2. The predicted molar refractivity (Wildman–Crippen MR) is 121 cm³/mol. The van der Waals surface area contributed by atoms with Gasteiger partial charge in [-0.1, -0.05) is 0 Å². The SMILES string of the molecule is COCCOC(=O)N1CC2CCC(C(=O)NO)(C1)N2S(=O)(=O)N1CCC(Oc2ccc(F)cn2)CC1. The molecule has 2 bridgehead atoms. The number of piperazine rings is 1. The van der Waals surface area contributed by atoms with Crippen molar-refractivity contribution in [2.45, 2.75) is 43.4 Å². The Labute approximate surface area is 208 Å². The number of halogens is 1. The first kappa shape index (κ1) is 26.5. The van der Waals surface area contributed by atoms with E-state index >= 15 is 0 Å². The van der Waals surface area contributed by atoms with Gasteiger partial charge in [0.15, 0.2) is 0 Å². The topological polar surface area (TPSA) is 151 Å². The fourth-order valence-electron chi connectivity index (χ4n) is 5.08. The van der Waals surface area contributed by atoms with Crippen LogP contribution in [-0.2, 0) is 24.5 Å². The Kier molecular flexibility index (Phi) is 7.94. The van der Waals surface area contributed by atoms with Gasteiger partial charge in [0.05, 0.1) is 19.3 Å². The van der Waals surface area contributed by atoms with Crippen LogP contribution in [0.1, 0.15) is 25.7 Å². The van der Waals surface area contributed by atoms with Crippen LogP contribution >= 0.6 is 0 Å². The van der Waals surface area contributed by atoms with E-state index in [2.05, 4.69) is 4.98 Å². The number of hydrogen-bond donors (Lipinski definition) is 2. The zero-order valence-electron chi connectivity index (χ0n) is 19.8. The fraction of sp³-hybridized carbons (Fsp3) is 0.667. The minimum atomic E-state index is -4.13. The van der Waals surface area contributed by atoms with Crippen LogP contribution < -0.4 is 10.2 Å². The summed E-state index contributed by atoms with van der Waals surface area (Å²) in [6.45, 7) is 0.289. The molecule has 0 aromatic carbocycles. The Balaban J connectivity index is 1.47. The van der Waals surface area contributed by atoms with E-state index in [1.165, 1.54) is 28.4 Å². The largest absolute Gasteiger partial charge is 0.474 e. The normalized spacial score (nSPS) is 25.5. The summed E-state index contributed by atoms with van der Waals surface area (Å²) in [7, 11) is -2.67.